The van der Waals surface area contributed by atoms with Gasteiger partial charge < -0.3 is 20.1 Å². The van der Waals surface area contributed by atoms with Crippen molar-refractivity contribution in [2.24, 2.45) is 0 Å². The van der Waals surface area contributed by atoms with E-state index >= 15 is 0 Å². The monoisotopic (exact) mass is 254 g/mol. The van der Waals surface area contributed by atoms with Crippen molar-refractivity contribution in [3.8, 4) is 0 Å². The molecule has 5 heteroatoms. The molecule has 1 rings (SSSR count). The molecule has 0 heterocycles. The van der Waals surface area contributed by atoms with E-state index in [1.54, 1.807) is 14.2 Å². The van der Waals surface area contributed by atoms with Crippen molar-refractivity contribution in [2.45, 2.75) is 13.2 Å². The minimum atomic E-state index is -0.298. The van der Waals surface area contributed by atoms with Crippen molar-refractivity contribution in [1.29, 1.82) is 0 Å². The fourth-order valence-corrected chi connectivity index (χ4v) is 1.45. The van der Waals surface area contributed by atoms with Gasteiger partial charge in [-0.3, -0.25) is 0 Å². The Balaban J connectivity index is 2.37. The fraction of sp³-hybridized carbons (Fsp3) is 0.417. The number of rotatable bonds is 5. The molecule has 0 atom stereocenters. The fourth-order valence-electron chi connectivity index (χ4n) is 1.25. The summed E-state index contributed by atoms with van der Waals surface area (Å²) in [5.74, 6) is 0. The highest BCUT2D eigenvalue weighted by molar-refractivity contribution is 7.80. The van der Waals surface area contributed by atoms with Crippen molar-refractivity contribution in [3.05, 3.63) is 29.8 Å². The first-order valence-electron chi connectivity index (χ1n) is 5.33. The van der Waals surface area contributed by atoms with Crippen molar-refractivity contribution in [3.63, 3.8) is 0 Å². The van der Waals surface area contributed by atoms with Gasteiger partial charge in [0.1, 0.15) is 0 Å². The molecule has 0 bridgehead atoms. The number of methoxy groups -OCH3 is 2. The number of ether oxygens (including phenoxy) is 2. The standard InChI is InChI=1S/C12H18N2O2S/c1-9-4-6-10(7-5-9)14-12(17)13-8-11(15-2)16-3/h4-7,11H,8H2,1-3H3,(H2,13,14,17). The first-order valence-corrected chi connectivity index (χ1v) is 5.73. The molecule has 0 unspecified atom stereocenters. The first-order chi connectivity index (χ1) is 8.15. The van der Waals surface area contributed by atoms with E-state index in [9.17, 15) is 0 Å². The number of nitrogens with one attached hydrogen (secondary N) is 2. The van der Waals surface area contributed by atoms with Gasteiger partial charge in [-0.15, -0.1) is 0 Å². The van der Waals surface area contributed by atoms with E-state index in [1.807, 2.05) is 31.2 Å². The van der Waals surface area contributed by atoms with Crippen molar-refractivity contribution in [1.82, 2.24) is 5.32 Å². The van der Waals surface area contributed by atoms with Crippen LogP contribution in [0.2, 0.25) is 0 Å². The van der Waals surface area contributed by atoms with E-state index in [0.29, 0.717) is 11.7 Å². The van der Waals surface area contributed by atoms with Gasteiger partial charge in [-0.05, 0) is 31.3 Å². The minimum absolute atomic E-state index is 0.298. The van der Waals surface area contributed by atoms with Crippen LogP contribution in [0.3, 0.4) is 0 Å². The lowest BCUT2D eigenvalue weighted by Gasteiger charge is -2.16. The van der Waals surface area contributed by atoms with Crippen LogP contribution in [0.25, 0.3) is 0 Å². The summed E-state index contributed by atoms with van der Waals surface area (Å²) in [6.07, 6.45) is -0.298. The topological polar surface area (TPSA) is 42.5 Å². The molecule has 0 aliphatic heterocycles. The largest absolute Gasteiger partial charge is 0.357 e. The van der Waals surface area contributed by atoms with Gasteiger partial charge in [0.25, 0.3) is 0 Å². The van der Waals surface area contributed by atoms with Crippen LogP contribution in [0.15, 0.2) is 24.3 Å². The molecule has 0 saturated carbocycles. The summed E-state index contributed by atoms with van der Waals surface area (Å²) in [5.41, 5.74) is 2.17. The summed E-state index contributed by atoms with van der Waals surface area (Å²) in [5, 5.41) is 6.65. The van der Waals surface area contributed by atoms with Crippen LogP contribution in [0.1, 0.15) is 5.56 Å². The molecule has 0 amide bonds. The van der Waals surface area contributed by atoms with Gasteiger partial charge in [0.05, 0.1) is 6.54 Å². The Morgan fingerprint density at radius 2 is 1.82 bits per heavy atom. The predicted molar refractivity (Wildman–Crippen MR) is 73.2 cm³/mol. The molecule has 1 aromatic carbocycles. The van der Waals surface area contributed by atoms with Crippen LogP contribution >= 0.6 is 12.2 Å². The zero-order valence-electron chi connectivity index (χ0n) is 10.3. The van der Waals surface area contributed by atoms with E-state index in [1.165, 1.54) is 5.56 Å². The third-order valence-electron chi connectivity index (χ3n) is 2.26. The molecule has 0 aliphatic carbocycles. The number of aryl methyl sites for hydroxylation is 1. The molecule has 1 aromatic rings. The number of hydrogen-bond acceptors (Lipinski definition) is 3. The zero-order valence-corrected chi connectivity index (χ0v) is 11.1. The molecule has 0 spiro atoms. The van der Waals surface area contributed by atoms with E-state index in [4.69, 9.17) is 21.7 Å². The van der Waals surface area contributed by atoms with Gasteiger partial charge in [0, 0.05) is 19.9 Å². The molecule has 4 nitrogen and oxygen atoms in total. The quantitative estimate of drug-likeness (QED) is 0.620. The zero-order chi connectivity index (χ0) is 12.7. The van der Waals surface area contributed by atoms with E-state index in [2.05, 4.69) is 10.6 Å². The van der Waals surface area contributed by atoms with Crippen LogP contribution in [-0.2, 0) is 9.47 Å². The predicted octanol–water partition coefficient (Wildman–Crippen LogP) is 1.90. The Bertz CT molecular complexity index is 350. The Hall–Kier alpha value is -1.17. The third kappa shape index (κ3) is 5.12. The van der Waals surface area contributed by atoms with Gasteiger partial charge in [-0.25, -0.2) is 0 Å². The SMILES string of the molecule is COC(CNC(=S)Nc1ccc(C)cc1)OC. The minimum Gasteiger partial charge on any atom is -0.357 e. The van der Waals surface area contributed by atoms with Gasteiger partial charge in [-0.2, -0.15) is 0 Å². The summed E-state index contributed by atoms with van der Waals surface area (Å²) >= 11 is 5.15. The van der Waals surface area contributed by atoms with Crippen LogP contribution in [-0.4, -0.2) is 32.2 Å². The van der Waals surface area contributed by atoms with Crippen molar-refractivity contribution < 1.29 is 9.47 Å². The summed E-state index contributed by atoms with van der Waals surface area (Å²) in [6.45, 7) is 2.55. The molecule has 94 valence electrons. The highest BCUT2D eigenvalue weighted by Gasteiger charge is 2.05. The molecular formula is C12H18N2O2S. The molecule has 0 fully saturated rings. The van der Waals surface area contributed by atoms with Crippen LogP contribution < -0.4 is 10.6 Å². The lowest BCUT2D eigenvalue weighted by Crippen LogP contribution is -2.36. The molecule has 0 radical (unpaired) electrons. The second kappa shape index (κ2) is 7.21. The second-order valence-corrected chi connectivity index (χ2v) is 4.01. The highest BCUT2D eigenvalue weighted by atomic mass is 32.1. The van der Waals surface area contributed by atoms with Gasteiger partial charge in [-0.1, -0.05) is 17.7 Å². The molecule has 0 aromatic heterocycles. The molecular weight excluding hydrogens is 236 g/mol. The normalized spacial score (nSPS) is 10.4. The van der Waals surface area contributed by atoms with Gasteiger partial charge in [0.15, 0.2) is 11.4 Å². The number of anilines is 1. The average Bonchev–Trinajstić information content (AvgIpc) is 2.33. The lowest BCUT2D eigenvalue weighted by atomic mass is 10.2. The summed E-state index contributed by atoms with van der Waals surface area (Å²) < 4.78 is 10.1. The molecule has 17 heavy (non-hydrogen) atoms. The molecule has 0 saturated heterocycles. The Morgan fingerprint density at radius 1 is 1.24 bits per heavy atom. The smallest absolute Gasteiger partial charge is 0.174 e. The Morgan fingerprint density at radius 3 is 2.35 bits per heavy atom. The molecule has 0 aliphatic rings. The van der Waals surface area contributed by atoms with Gasteiger partial charge >= 0.3 is 0 Å². The summed E-state index contributed by atoms with van der Waals surface area (Å²) in [6, 6.07) is 8.01. The number of thiocarbonyl (C=S) groups is 1. The maximum Gasteiger partial charge on any atom is 0.174 e. The lowest BCUT2D eigenvalue weighted by molar-refractivity contribution is -0.0964. The Labute approximate surface area is 107 Å². The highest BCUT2D eigenvalue weighted by Crippen LogP contribution is 2.08. The van der Waals surface area contributed by atoms with E-state index < -0.39 is 0 Å². The average molecular weight is 254 g/mol. The maximum absolute atomic E-state index is 5.15. The summed E-state index contributed by atoms with van der Waals surface area (Å²) in [7, 11) is 3.18. The second-order valence-electron chi connectivity index (χ2n) is 3.60. The third-order valence-corrected chi connectivity index (χ3v) is 2.51. The first kappa shape index (κ1) is 13.9. The maximum atomic E-state index is 5.15. The van der Waals surface area contributed by atoms with Gasteiger partial charge in [0.2, 0.25) is 0 Å². The van der Waals surface area contributed by atoms with Crippen LogP contribution in [0.5, 0.6) is 0 Å². The Kier molecular flexibility index (Phi) is 5.90. The number of hydrogen-bond donors (Lipinski definition) is 2. The van der Waals surface area contributed by atoms with Crippen LogP contribution in [0, 0.1) is 6.92 Å². The van der Waals surface area contributed by atoms with E-state index in [-0.39, 0.29) is 6.29 Å². The summed E-state index contributed by atoms with van der Waals surface area (Å²) in [4.78, 5) is 0. The van der Waals surface area contributed by atoms with Crippen LogP contribution in [0.4, 0.5) is 5.69 Å². The van der Waals surface area contributed by atoms with Crippen molar-refractivity contribution in [2.75, 3.05) is 26.1 Å². The molecule has 2 N–H and O–H groups in total. The number of benzene rings is 1. The van der Waals surface area contributed by atoms with Crippen molar-refractivity contribution >= 4 is 23.0 Å². The van der Waals surface area contributed by atoms with E-state index in [0.717, 1.165) is 5.69 Å².